The maximum absolute atomic E-state index is 7.31. The smallest absolute Gasteiger partial charge is 0.208 e. The number of nitrogens with zero attached hydrogens (tertiary/aromatic N) is 3. The maximum atomic E-state index is 7.31. The van der Waals surface area contributed by atoms with Crippen LogP contribution >= 0.6 is 0 Å². The lowest BCUT2D eigenvalue weighted by molar-refractivity contribution is 0.618. The van der Waals surface area contributed by atoms with Gasteiger partial charge >= 0.3 is 0 Å². The second-order valence-electron chi connectivity index (χ2n) is 2.77. The summed E-state index contributed by atoms with van der Waals surface area (Å²) in [4.78, 5) is 3.88. The molecular formula is C7H13N5. The zero-order chi connectivity index (χ0) is 9.14. The van der Waals surface area contributed by atoms with Crippen LogP contribution in [-0.2, 0) is 0 Å². The first-order valence-corrected chi connectivity index (χ1v) is 3.74. The monoisotopic (exact) mass is 167 g/mol. The molecule has 1 aromatic heterocycles. The number of rotatable bonds is 2. The average Bonchev–Trinajstić information content (AvgIpc) is 2.37. The van der Waals surface area contributed by atoms with Gasteiger partial charge in [0.25, 0.3) is 0 Å². The van der Waals surface area contributed by atoms with Crippen LogP contribution in [0.2, 0.25) is 0 Å². The van der Waals surface area contributed by atoms with Crippen molar-refractivity contribution in [2.75, 3.05) is 5.01 Å². The van der Waals surface area contributed by atoms with Gasteiger partial charge in [0.2, 0.25) is 5.96 Å². The Labute approximate surface area is 71.3 Å². The molecule has 0 saturated carbocycles. The van der Waals surface area contributed by atoms with E-state index in [0.29, 0.717) is 0 Å². The summed E-state index contributed by atoms with van der Waals surface area (Å²) in [6, 6.07) is 0.150. The second-order valence-corrected chi connectivity index (χ2v) is 2.77. The maximum Gasteiger partial charge on any atom is 0.208 e. The topological polar surface area (TPSA) is 70.9 Å². The molecule has 66 valence electrons. The molecule has 0 amide bonds. The fourth-order valence-corrected chi connectivity index (χ4v) is 1.05. The van der Waals surface area contributed by atoms with Gasteiger partial charge in [-0.3, -0.25) is 5.41 Å². The van der Waals surface area contributed by atoms with Crippen LogP contribution in [0.3, 0.4) is 0 Å². The van der Waals surface area contributed by atoms with Crippen LogP contribution in [0.15, 0.2) is 18.7 Å². The van der Waals surface area contributed by atoms with Crippen LogP contribution in [0.25, 0.3) is 0 Å². The molecular weight excluding hydrogens is 154 g/mol. The molecule has 0 radical (unpaired) electrons. The molecule has 1 aromatic rings. The quantitative estimate of drug-likeness (QED) is 0.485. The lowest BCUT2D eigenvalue weighted by atomic mass is 10.4. The Kier molecular flexibility index (Phi) is 2.32. The van der Waals surface area contributed by atoms with Crippen molar-refractivity contribution in [1.82, 2.24) is 9.66 Å². The first-order valence-electron chi connectivity index (χ1n) is 3.74. The van der Waals surface area contributed by atoms with Gasteiger partial charge in [0.05, 0.1) is 0 Å². The van der Waals surface area contributed by atoms with Crippen molar-refractivity contribution < 1.29 is 0 Å². The van der Waals surface area contributed by atoms with Gasteiger partial charge in [-0.05, 0) is 13.8 Å². The molecule has 0 bridgehead atoms. The van der Waals surface area contributed by atoms with E-state index in [0.717, 1.165) is 0 Å². The van der Waals surface area contributed by atoms with Crippen LogP contribution in [-0.4, -0.2) is 21.7 Å². The lowest BCUT2D eigenvalue weighted by Crippen LogP contribution is -2.48. The third-order valence-corrected chi connectivity index (χ3v) is 1.48. The van der Waals surface area contributed by atoms with Crippen molar-refractivity contribution in [3.63, 3.8) is 0 Å². The molecule has 0 saturated heterocycles. The molecule has 0 fully saturated rings. The average molecular weight is 167 g/mol. The molecule has 0 atom stereocenters. The first kappa shape index (κ1) is 8.58. The highest BCUT2D eigenvalue weighted by atomic mass is 15.6. The predicted molar refractivity (Wildman–Crippen MR) is 47.5 cm³/mol. The Hall–Kier alpha value is -1.52. The summed E-state index contributed by atoms with van der Waals surface area (Å²) in [5, 5.41) is 8.95. The Morgan fingerprint density at radius 1 is 1.67 bits per heavy atom. The Bertz CT molecular complexity index is 251. The number of guanidine groups is 1. The minimum atomic E-state index is 0.0167. The number of aromatic nitrogens is 2. The van der Waals surface area contributed by atoms with Gasteiger partial charge < -0.3 is 5.73 Å². The zero-order valence-electron chi connectivity index (χ0n) is 7.23. The molecule has 12 heavy (non-hydrogen) atoms. The van der Waals surface area contributed by atoms with Crippen molar-refractivity contribution >= 4 is 5.96 Å². The van der Waals surface area contributed by atoms with Gasteiger partial charge in [-0.1, -0.05) is 0 Å². The highest BCUT2D eigenvalue weighted by Gasteiger charge is 2.11. The minimum absolute atomic E-state index is 0.0167. The molecule has 0 aliphatic rings. The van der Waals surface area contributed by atoms with Crippen LogP contribution in [0.5, 0.6) is 0 Å². The van der Waals surface area contributed by atoms with E-state index in [-0.39, 0.29) is 12.0 Å². The standard InChI is InChI=1S/C7H13N5/c1-6(2)12(7(8)9)11-4-3-10-5-11/h3-6H,1-2H3,(H3,8,9). The summed E-state index contributed by atoms with van der Waals surface area (Å²) >= 11 is 0. The van der Waals surface area contributed by atoms with Crippen LogP contribution < -0.4 is 10.7 Å². The molecule has 5 nitrogen and oxygen atoms in total. The summed E-state index contributed by atoms with van der Waals surface area (Å²) in [5.41, 5.74) is 5.39. The summed E-state index contributed by atoms with van der Waals surface area (Å²) < 4.78 is 1.69. The van der Waals surface area contributed by atoms with Crippen molar-refractivity contribution in [3.8, 4) is 0 Å². The Morgan fingerprint density at radius 2 is 2.33 bits per heavy atom. The molecule has 0 aliphatic carbocycles. The molecule has 3 N–H and O–H groups in total. The number of nitrogens with one attached hydrogen (secondary N) is 1. The largest absolute Gasteiger partial charge is 0.369 e. The number of imidazole rings is 1. The van der Waals surface area contributed by atoms with Gasteiger partial charge in [-0.2, -0.15) is 0 Å². The van der Waals surface area contributed by atoms with Crippen molar-refractivity contribution in [2.24, 2.45) is 5.73 Å². The molecule has 0 aromatic carbocycles. The fraction of sp³-hybridized carbons (Fsp3) is 0.429. The summed E-state index contributed by atoms with van der Waals surface area (Å²) in [6.07, 6.45) is 5.01. The first-order chi connectivity index (χ1) is 5.63. The SMILES string of the molecule is CC(C)N(C(=N)N)n1ccnc1. The van der Waals surface area contributed by atoms with Gasteiger partial charge in [-0.25, -0.2) is 14.7 Å². The fourth-order valence-electron chi connectivity index (χ4n) is 1.05. The van der Waals surface area contributed by atoms with Gasteiger partial charge in [-0.15, -0.1) is 0 Å². The molecule has 5 heteroatoms. The molecule has 1 heterocycles. The van der Waals surface area contributed by atoms with Crippen molar-refractivity contribution in [3.05, 3.63) is 18.7 Å². The summed E-state index contributed by atoms with van der Waals surface area (Å²) in [7, 11) is 0. The number of hydrogen-bond acceptors (Lipinski definition) is 2. The van der Waals surface area contributed by atoms with Crippen LogP contribution in [0.1, 0.15) is 13.8 Å². The van der Waals surface area contributed by atoms with E-state index in [4.69, 9.17) is 11.1 Å². The van der Waals surface area contributed by atoms with E-state index in [9.17, 15) is 0 Å². The third-order valence-electron chi connectivity index (χ3n) is 1.48. The summed E-state index contributed by atoms with van der Waals surface area (Å²) in [6.45, 7) is 3.92. The van der Waals surface area contributed by atoms with E-state index >= 15 is 0 Å². The van der Waals surface area contributed by atoms with E-state index in [1.54, 1.807) is 28.4 Å². The van der Waals surface area contributed by atoms with Gasteiger partial charge in [0.1, 0.15) is 6.33 Å². The van der Waals surface area contributed by atoms with Crippen LogP contribution in [0.4, 0.5) is 0 Å². The summed E-state index contributed by atoms with van der Waals surface area (Å²) in [5.74, 6) is 0.0167. The predicted octanol–water partition coefficient (Wildman–Crippen LogP) is 0.123. The Morgan fingerprint density at radius 3 is 2.67 bits per heavy atom. The van der Waals surface area contributed by atoms with Crippen LogP contribution in [0, 0.1) is 5.41 Å². The molecule has 0 unspecified atom stereocenters. The second kappa shape index (κ2) is 3.25. The molecule has 0 aliphatic heterocycles. The molecule has 1 rings (SSSR count). The Balaban J connectivity index is 2.88. The zero-order valence-corrected chi connectivity index (χ0v) is 7.23. The van der Waals surface area contributed by atoms with E-state index in [2.05, 4.69) is 4.98 Å². The normalized spacial score (nSPS) is 10.2. The minimum Gasteiger partial charge on any atom is -0.369 e. The van der Waals surface area contributed by atoms with Crippen molar-refractivity contribution in [1.29, 1.82) is 5.41 Å². The third kappa shape index (κ3) is 1.55. The van der Waals surface area contributed by atoms with E-state index < -0.39 is 0 Å². The van der Waals surface area contributed by atoms with E-state index in [1.807, 2.05) is 13.8 Å². The highest BCUT2D eigenvalue weighted by molar-refractivity contribution is 5.85. The van der Waals surface area contributed by atoms with Crippen molar-refractivity contribution in [2.45, 2.75) is 19.9 Å². The van der Waals surface area contributed by atoms with Gasteiger partial charge in [0, 0.05) is 18.4 Å². The highest BCUT2D eigenvalue weighted by Crippen LogP contribution is 1.96. The number of hydrogen-bond donors (Lipinski definition) is 2. The lowest BCUT2D eigenvalue weighted by Gasteiger charge is -2.26. The van der Waals surface area contributed by atoms with E-state index in [1.165, 1.54) is 0 Å². The number of nitrogens with two attached hydrogens (primary N) is 1. The molecule has 0 spiro atoms. The van der Waals surface area contributed by atoms with Gasteiger partial charge in [0.15, 0.2) is 0 Å².